The van der Waals surface area contributed by atoms with Crippen molar-refractivity contribution in [1.82, 2.24) is 0 Å². The van der Waals surface area contributed by atoms with Gasteiger partial charge in [-0.2, -0.15) is 0 Å². The monoisotopic (exact) mass is 184 g/mol. The maximum absolute atomic E-state index is 10.0. The topological polar surface area (TPSA) is 29.5 Å². The lowest BCUT2D eigenvalue weighted by Gasteiger charge is -2.32. The Bertz CT molecular complexity index is 194. The van der Waals surface area contributed by atoms with E-state index in [0.717, 1.165) is 31.6 Å². The van der Waals surface area contributed by atoms with Crippen LogP contribution in [0.25, 0.3) is 0 Å². The Morgan fingerprint density at radius 3 is 2.77 bits per heavy atom. The van der Waals surface area contributed by atoms with Crippen LogP contribution in [0, 0.1) is 5.41 Å². The van der Waals surface area contributed by atoms with Crippen LogP contribution in [-0.4, -0.2) is 17.8 Å². The molecule has 0 fully saturated rings. The fourth-order valence-electron chi connectivity index (χ4n) is 1.35. The van der Waals surface area contributed by atoms with Crippen molar-refractivity contribution in [1.29, 1.82) is 0 Å². The number of allylic oxidation sites excluding steroid dienone is 1. The van der Waals surface area contributed by atoms with Crippen LogP contribution >= 0.6 is 0 Å². The van der Waals surface area contributed by atoms with Gasteiger partial charge < -0.3 is 9.84 Å². The number of rotatable bonds is 3. The number of ether oxygens (including phenoxy) is 1. The molecule has 2 nitrogen and oxygen atoms in total. The molecule has 1 atom stereocenters. The van der Waals surface area contributed by atoms with Crippen molar-refractivity contribution >= 4 is 0 Å². The second-order valence-electron chi connectivity index (χ2n) is 4.34. The minimum absolute atomic E-state index is 0.0802. The molecule has 0 spiro atoms. The molecule has 1 rings (SSSR count). The van der Waals surface area contributed by atoms with Gasteiger partial charge in [0.05, 0.1) is 6.61 Å². The summed E-state index contributed by atoms with van der Waals surface area (Å²) in [6, 6.07) is 0. The Hall–Kier alpha value is -0.500. The van der Waals surface area contributed by atoms with Crippen LogP contribution in [0.15, 0.2) is 11.8 Å². The third-order valence-electron chi connectivity index (χ3n) is 2.88. The molecule has 0 aromatic heterocycles. The summed E-state index contributed by atoms with van der Waals surface area (Å²) in [4.78, 5) is 0. The normalized spacial score (nSPS) is 20.5. The molecule has 1 unspecified atom stereocenters. The van der Waals surface area contributed by atoms with Crippen molar-refractivity contribution in [3.05, 3.63) is 11.8 Å². The second-order valence-corrected chi connectivity index (χ2v) is 4.34. The van der Waals surface area contributed by atoms with E-state index in [4.69, 9.17) is 4.74 Å². The first-order valence-electron chi connectivity index (χ1n) is 5.09. The lowest BCUT2D eigenvalue weighted by molar-refractivity contribution is 0.0155. The Morgan fingerprint density at radius 1 is 1.62 bits per heavy atom. The van der Waals surface area contributed by atoms with Crippen LogP contribution in [0.1, 0.15) is 40.0 Å². The van der Waals surface area contributed by atoms with Gasteiger partial charge in [0.25, 0.3) is 0 Å². The first-order valence-corrected chi connectivity index (χ1v) is 5.09. The first-order chi connectivity index (χ1) is 6.08. The molecule has 0 aliphatic carbocycles. The molecule has 1 aliphatic heterocycles. The summed E-state index contributed by atoms with van der Waals surface area (Å²) in [5, 5.41) is 10.0. The van der Waals surface area contributed by atoms with Crippen molar-refractivity contribution in [3.63, 3.8) is 0 Å². The summed E-state index contributed by atoms with van der Waals surface area (Å²) in [6.45, 7) is 6.97. The van der Waals surface area contributed by atoms with E-state index in [1.807, 2.05) is 6.08 Å². The minimum Gasteiger partial charge on any atom is -0.495 e. The number of aliphatic hydroxyl groups excluding tert-OH is 1. The fourth-order valence-corrected chi connectivity index (χ4v) is 1.35. The Balaban J connectivity index is 2.65. The Kier molecular flexibility index (Phi) is 3.37. The average Bonchev–Trinajstić information content (AvgIpc) is 2.18. The maximum atomic E-state index is 10.0. The molecule has 1 heterocycles. The molecular weight excluding hydrogens is 164 g/mol. The largest absolute Gasteiger partial charge is 0.495 e. The van der Waals surface area contributed by atoms with E-state index in [0.29, 0.717) is 0 Å². The van der Waals surface area contributed by atoms with Crippen LogP contribution in [0.2, 0.25) is 0 Å². The van der Waals surface area contributed by atoms with Gasteiger partial charge in [-0.05, 0) is 30.8 Å². The van der Waals surface area contributed by atoms with E-state index in [9.17, 15) is 5.11 Å². The van der Waals surface area contributed by atoms with E-state index in [1.165, 1.54) is 0 Å². The standard InChI is InChI=1S/C11H20O2/c1-4-11(2,3)10(12)9-7-5-6-8-13-9/h7,10,12H,4-6,8H2,1-3H3. The average molecular weight is 184 g/mol. The highest BCUT2D eigenvalue weighted by atomic mass is 16.5. The molecule has 76 valence electrons. The van der Waals surface area contributed by atoms with Crippen LogP contribution in [0.3, 0.4) is 0 Å². The van der Waals surface area contributed by atoms with Crippen LogP contribution < -0.4 is 0 Å². The number of hydrogen-bond donors (Lipinski definition) is 1. The third-order valence-corrected chi connectivity index (χ3v) is 2.88. The molecule has 0 saturated carbocycles. The van der Waals surface area contributed by atoms with Gasteiger partial charge in [0, 0.05) is 0 Å². The predicted molar refractivity (Wildman–Crippen MR) is 53.3 cm³/mol. The van der Waals surface area contributed by atoms with E-state index >= 15 is 0 Å². The molecule has 1 aliphatic rings. The van der Waals surface area contributed by atoms with Crippen LogP contribution in [0.4, 0.5) is 0 Å². The van der Waals surface area contributed by atoms with Gasteiger partial charge in [0.2, 0.25) is 0 Å². The maximum Gasteiger partial charge on any atom is 0.121 e. The van der Waals surface area contributed by atoms with Gasteiger partial charge in [-0.25, -0.2) is 0 Å². The van der Waals surface area contributed by atoms with Gasteiger partial charge in [0.1, 0.15) is 11.9 Å². The SMILES string of the molecule is CCC(C)(C)C(O)C1=CCCCO1. The van der Waals surface area contributed by atoms with Gasteiger partial charge in [-0.3, -0.25) is 0 Å². The zero-order chi connectivity index (χ0) is 9.90. The van der Waals surface area contributed by atoms with E-state index in [2.05, 4.69) is 20.8 Å². The lowest BCUT2D eigenvalue weighted by Crippen LogP contribution is -2.32. The van der Waals surface area contributed by atoms with E-state index in [1.54, 1.807) is 0 Å². The summed E-state index contributed by atoms with van der Waals surface area (Å²) in [7, 11) is 0. The summed E-state index contributed by atoms with van der Waals surface area (Å²) >= 11 is 0. The summed E-state index contributed by atoms with van der Waals surface area (Å²) in [5.41, 5.74) is -0.0802. The zero-order valence-electron chi connectivity index (χ0n) is 8.84. The van der Waals surface area contributed by atoms with Gasteiger partial charge in [0.15, 0.2) is 0 Å². The van der Waals surface area contributed by atoms with Crippen LogP contribution in [-0.2, 0) is 4.74 Å². The van der Waals surface area contributed by atoms with Gasteiger partial charge in [-0.1, -0.05) is 20.8 Å². The minimum atomic E-state index is -0.446. The molecule has 0 aromatic carbocycles. The van der Waals surface area contributed by atoms with Crippen molar-refractivity contribution in [2.75, 3.05) is 6.61 Å². The van der Waals surface area contributed by atoms with Crippen molar-refractivity contribution < 1.29 is 9.84 Å². The molecule has 2 heteroatoms. The molecule has 0 amide bonds. The summed E-state index contributed by atoms with van der Waals surface area (Å²) in [5.74, 6) is 0.776. The van der Waals surface area contributed by atoms with Crippen molar-refractivity contribution in [2.45, 2.75) is 46.1 Å². The molecule has 0 aromatic rings. The molecule has 0 saturated heterocycles. The smallest absolute Gasteiger partial charge is 0.121 e. The lowest BCUT2D eigenvalue weighted by atomic mass is 9.82. The number of aliphatic hydroxyl groups is 1. The quantitative estimate of drug-likeness (QED) is 0.730. The molecule has 1 N–H and O–H groups in total. The summed E-state index contributed by atoms with van der Waals surface area (Å²) < 4.78 is 5.44. The predicted octanol–water partition coefficient (Wildman–Crippen LogP) is 2.48. The van der Waals surface area contributed by atoms with Crippen molar-refractivity contribution in [2.24, 2.45) is 5.41 Å². The molecule has 13 heavy (non-hydrogen) atoms. The van der Waals surface area contributed by atoms with Gasteiger partial charge in [-0.15, -0.1) is 0 Å². The third kappa shape index (κ3) is 2.47. The zero-order valence-corrected chi connectivity index (χ0v) is 8.84. The van der Waals surface area contributed by atoms with E-state index < -0.39 is 6.10 Å². The highest BCUT2D eigenvalue weighted by Crippen LogP contribution is 2.31. The first kappa shape index (κ1) is 10.6. The number of hydrogen-bond acceptors (Lipinski definition) is 2. The molecule has 0 radical (unpaired) electrons. The Morgan fingerprint density at radius 2 is 2.31 bits per heavy atom. The highest BCUT2D eigenvalue weighted by Gasteiger charge is 2.30. The molecule has 0 bridgehead atoms. The fraction of sp³-hybridized carbons (Fsp3) is 0.818. The highest BCUT2D eigenvalue weighted by molar-refractivity contribution is 5.06. The molecular formula is C11H20O2. The second kappa shape index (κ2) is 4.14. The summed E-state index contributed by atoms with van der Waals surface area (Å²) in [6.07, 6.45) is 4.63. The van der Waals surface area contributed by atoms with Gasteiger partial charge >= 0.3 is 0 Å². The van der Waals surface area contributed by atoms with Crippen molar-refractivity contribution in [3.8, 4) is 0 Å². The van der Waals surface area contributed by atoms with E-state index in [-0.39, 0.29) is 5.41 Å². The van der Waals surface area contributed by atoms with Crippen LogP contribution in [0.5, 0.6) is 0 Å². The Labute approximate surface area is 80.6 Å².